The highest BCUT2D eigenvalue weighted by atomic mass is 16.4. The van der Waals surface area contributed by atoms with Gasteiger partial charge in [-0.25, -0.2) is 0 Å². The van der Waals surface area contributed by atoms with Crippen molar-refractivity contribution in [3.05, 3.63) is 23.7 Å². The van der Waals surface area contributed by atoms with Crippen LogP contribution in [0.15, 0.2) is 16.5 Å². The fraction of sp³-hybridized carbons (Fsp3) is 0.647. The van der Waals surface area contributed by atoms with Gasteiger partial charge in [0.25, 0.3) is 5.91 Å². The average molecular weight is 336 g/mol. The molecular formula is C17H24N2O5. The van der Waals surface area contributed by atoms with E-state index < -0.39 is 0 Å². The quantitative estimate of drug-likeness (QED) is 0.840. The Labute approximate surface area is 140 Å². The molecule has 7 heteroatoms. The topological polar surface area (TPSA) is 94.2 Å². The number of piperidine rings is 2. The average Bonchev–Trinajstić information content (AvgIpc) is 3.07. The lowest BCUT2D eigenvalue weighted by atomic mass is 9.73. The molecule has 0 radical (unpaired) electrons. The van der Waals surface area contributed by atoms with Gasteiger partial charge in [0.2, 0.25) is 5.91 Å². The van der Waals surface area contributed by atoms with Gasteiger partial charge < -0.3 is 24.4 Å². The predicted octanol–water partition coefficient (Wildman–Crippen LogP) is 0.609. The minimum absolute atomic E-state index is 0.0409. The predicted molar refractivity (Wildman–Crippen MR) is 85.1 cm³/mol. The zero-order valence-corrected chi connectivity index (χ0v) is 13.7. The van der Waals surface area contributed by atoms with Crippen LogP contribution in [0, 0.1) is 5.41 Å². The molecule has 1 aromatic rings. The molecule has 2 aliphatic rings. The van der Waals surface area contributed by atoms with Crippen LogP contribution >= 0.6 is 0 Å². The number of rotatable bonds is 4. The van der Waals surface area contributed by atoms with Crippen LogP contribution in [0.4, 0.5) is 0 Å². The molecule has 2 N–H and O–H groups in total. The minimum Gasteiger partial charge on any atom is -0.453 e. The highest BCUT2D eigenvalue weighted by Crippen LogP contribution is 2.39. The van der Waals surface area contributed by atoms with Gasteiger partial charge in [-0.2, -0.15) is 0 Å². The highest BCUT2D eigenvalue weighted by molar-refractivity contribution is 5.91. The molecule has 0 saturated carbocycles. The smallest absolute Gasteiger partial charge is 0.289 e. The second-order valence-electron chi connectivity index (χ2n) is 6.79. The first-order chi connectivity index (χ1) is 11.6. The number of carbonyl (C=O) groups is 2. The molecule has 2 saturated heterocycles. The molecule has 1 atom stereocenters. The van der Waals surface area contributed by atoms with Gasteiger partial charge in [-0.15, -0.1) is 0 Å². The molecule has 2 aliphatic heterocycles. The number of likely N-dealkylation sites (tertiary alicyclic amines) is 2. The van der Waals surface area contributed by atoms with Gasteiger partial charge in [0.05, 0.1) is 6.61 Å². The van der Waals surface area contributed by atoms with Crippen molar-refractivity contribution in [1.29, 1.82) is 0 Å². The Hall–Kier alpha value is -1.86. The summed E-state index contributed by atoms with van der Waals surface area (Å²) in [7, 11) is 0. The van der Waals surface area contributed by atoms with Crippen LogP contribution in [0.1, 0.15) is 42.0 Å². The summed E-state index contributed by atoms with van der Waals surface area (Å²) in [6, 6.07) is 3.20. The SMILES string of the molecule is O=C1CCC2(CCCN(C(=O)c3ccc(CO)o3)C2)CN1CCO. The molecule has 1 aromatic heterocycles. The van der Waals surface area contributed by atoms with Crippen molar-refractivity contribution < 1.29 is 24.2 Å². The number of carbonyl (C=O) groups excluding carboxylic acids is 2. The summed E-state index contributed by atoms with van der Waals surface area (Å²) in [4.78, 5) is 28.1. The van der Waals surface area contributed by atoms with E-state index in [-0.39, 0.29) is 36.2 Å². The number of β-amino-alcohol motifs (C(OH)–C–C–N with tert-alkyl or cyclic N) is 1. The third kappa shape index (κ3) is 3.32. The Kier molecular flexibility index (Phi) is 4.91. The van der Waals surface area contributed by atoms with Crippen molar-refractivity contribution in [2.24, 2.45) is 5.41 Å². The number of hydrogen-bond acceptors (Lipinski definition) is 5. The molecule has 3 heterocycles. The first kappa shape index (κ1) is 17.0. The molecule has 7 nitrogen and oxygen atoms in total. The van der Waals surface area contributed by atoms with Crippen molar-refractivity contribution in [3.63, 3.8) is 0 Å². The Bertz CT molecular complexity index is 614. The Morgan fingerprint density at radius 1 is 1.25 bits per heavy atom. The number of amides is 2. The largest absolute Gasteiger partial charge is 0.453 e. The standard InChI is InChI=1S/C17H24N2O5/c20-9-8-18-11-17(6-4-15(18)22)5-1-7-19(12-17)16(23)14-3-2-13(10-21)24-14/h2-3,20-21H,1,4-12H2. The van der Waals surface area contributed by atoms with E-state index in [0.717, 1.165) is 19.3 Å². The van der Waals surface area contributed by atoms with E-state index in [1.165, 1.54) is 0 Å². The molecule has 1 unspecified atom stereocenters. The first-order valence-corrected chi connectivity index (χ1v) is 8.44. The van der Waals surface area contributed by atoms with Crippen molar-refractivity contribution in [1.82, 2.24) is 9.80 Å². The van der Waals surface area contributed by atoms with Gasteiger partial charge in [-0.1, -0.05) is 0 Å². The first-order valence-electron chi connectivity index (χ1n) is 8.44. The van der Waals surface area contributed by atoms with Crippen LogP contribution in [-0.4, -0.2) is 64.6 Å². The maximum atomic E-state index is 12.7. The molecule has 0 bridgehead atoms. The number of hydrogen-bond donors (Lipinski definition) is 2. The number of nitrogens with zero attached hydrogens (tertiary/aromatic N) is 2. The van der Waals surface area contributed by atoms with E-state index >= 15 is 0 Å². The lowest BCUT2D eigenvalue weighted by Gasteiger charge is -2.48. The molecule has 1 spiro atoms. The summed E-state index contributed by atoms with van der Waals surface area (Å²) in [6.07, 6.45) is 3.11. The lowest BCUT2D eigenvalue weighted by molar-refractivity contribution is -0.139. The van der Waals surface area contributed by atoms with Crippen LogP contribution in [-0.2, 0) is 11.4 Å². The number of furan rings is 1. The van der Waals surface area contributed by atoms with E-state index in [0.29, 0.717) is 38.4 Å². The molecule has 0 aromatic carbocycles. The highest BCUT2D eigenvalue weighted by Gasteiger charge is 2.43. The summed E-state index contributed by atoms with van der Waals surface area (Å²) in [5, 5.41) is 18.2. The van der Waals surface area contributed by atoms with Crippen molar-refractivity contribution in [3.8, 4) is 0 Å². The molecule has 0 aliphatic carbocycles. The van der Waals surface area contributed by atoms with Gasteiger partial charge in [0.1, 0.15) is 12.4 Å². The fourth-order valence-corrected chi connectivity index (χ4v) is 3.87. The van der Waals surface area contributed by atoms with Crippen LogP contribution in [0.5, 0.6) is 0 Å². The maximum absolute atomic E-state index is 12.7. The zero-order valence-electron chi connectivity index (χ0n) is 13.7. The van der Waals surface area contributed by atoms with E-state index in [1.807, 2.05) is 0 Å². The fourth-order valence-electron chi connectivity index (χ4n) is 3.87. The molecule has 132 valence electrons. The van der Waals surface area contributed by atoms with Gasteiger partial charge in [0, 0.05) is 38.0 Å². The Balaban J connectivity index is 1.71. The monoisotopic (exact) mass is 336 g/mol. The molecular weight excluding hydrogens is 312 g/mol. The van der Waals surface area contributed by atoms with Crippen LogP contribution in [0.2, 0.25) is 0 Å². The van der Waals surface area contributed by atoms with E-state index in [4.69, 9.17) is 14.6 Å². The molecule has 2 fully saturated rings. The summed E-state index contributed by atoms with van der Waals surface area (Å²) in [5.41, 5.74) is -0.0939. The number of aliphatic hydroxyl groups excluding tert-OH is 2. The van der Waals surface area contributed by atoms with Gasteiger partial charge in [0.15, 0.2) is 5.76 Å². The molecule has 3 rings (SSSR count). The van der Waals surface area contributed by atoms with Gasteiger partial charge in [-0.05, 0) is 31.4 Å². The number of aliphatic hydroxyl groups is 2. The van der Waals surface area contributed by atoms with E-state index in [2.05, 4.69) is 0 Å². The molecule has 2 amide bonds. The van der Waals surface area contributed by atoms with E-state index in [9.17, 15) is 9.59 Å². The van der Waals surface area contributed by atoms with Crippen molar-refractivity contribution in [2.45, 2.75) is 32.3 Å². The van der Waals surface area contributed by atoms with Crippen molar-refractivity contribution in [2.75, 3.05) is 32.8 Å². The van der Waals surface area contributed by atoms with Gasteiger partial charge in [-0.3, -0.25) is 9.59 Å². The lowest BCUT2D eigenvalue weighted by Crippen LogP contribution is -2.55. The summed E-state index contributed by atoms with van der Waals surface area (Å²) < 4.78 is 5.36. The second-order valence-corrected chi connectivity index (χ2v) is 6.79. The Morgan fingerprint density at radius 2 is 2.08 bits per heavy atom. The molecule has 24 heavy (non-hydrogen) atoms. The minimum atomic E-state index is -0.227. The Morgan fingerprint density at radius 3 is 2.79 bits per heavy atom. The van der Waals surface area contributed by atoms with Crippen LogP contribution in [0.3, 0.4) is 0 Å². The summed E-state index contributed by atoms with van der Waals surface area (Å²) in [5.74, 6) is 0.536. The maximum Gasteiger partial charge on any atom is 0.289 e. The van der Waals surface area contributed by atoms with Crippen molar-refractivity contribution >= 4 is 11.8 Å². The van der Waals surface area contributed by atoms with Gasteiger partial charge >= 0.3 is 0 Å². The third-order valence-corrected chi connectivity index (χ3v) is 5.09. The van der Waals surface area contributed by atoms with E-state index in [1.54, 1.807) is 21.9 Å². The zero-order chi connectivity index (χ0) is 17.2. The summed E-state index contributed by atoms with van der Waals surface area (Å²) >= 11 is 0. The third-order valence-electron chi connectivity index (χ3n) is 5.09. The normalized spacial score (nSPS) is 24.7. The summed E-state index contributed by atoms with van der Waals surface area (Å²) in [6.45, 7) is 1.94. The second kappa shape index (κ2) is 6.94. The van der Waals surface area contributed by atoms with Crippen LogP contribution < -0.4 is 0 Å². The van der Waals surface area contributed by atoms with Crippen LogP contribution in [0.25, 0.3) is 0 Å².